The van der Waals surface area contributed by atoms with Crippen molar-refractivity contribution in [2.24, 2.45) is 0 Å². The molecule has 2 aromatic rings. The molecule has 0 saturated carbocycles. The van der Waals surface area contributed by atoms with Crippen LogP contribution in [-0.4, -0.2) is 5.11 Å². The van der Waals surface area contributed by atoms with E-state index in [2.05, 4.69) is 0 Å². The highest BCUT2D eigenvalue weighted by Gasteiger charge is 1.97. The van der Waals surface area contributed by atoms with Gasteiger partial charge in [-0.2, -0.15) is 0 Å². The molecular formula is C14H16O2. The van der Waals surface area contributed by atoms with Gasteiger partial charge in [-0.25, -0.2) is 0 Å². The quantitative estimate of drug-likeness (QED) is 0.849. The predicted molar refractivity (Wildman–Crippen MR) is 65.6 cm³/mol. The standard InChI is InChI=1S/C13H12O2.CH4/c14-10-11-5-4-8-13(9-11)15-12-6-2-1-3-7-12;/h1-9,14H,10H2;1H4. The normalized spacial score (nSPS) is 9.31. The number of ether oxygens (including phenoxy) is 1. The first-order chi connectivity index (χ1) is 7.38. The summed E-state index contributed by atoms with van der Waals surface area (Å²) in [5, 5.41) is 8.97. The van der Waals surface area contributed by atoms with E-state index in [4.69, 9.17) is 9.84 Å². The lowest BCUT2D eigenvalue weighted by atomic mass is 10.2. The van der Waals surface area contributed by atoms with Crippen LogP contribution in [0.15, 0.2) is 54.6 Å². The third kappa shape index (κ3) is 3.11. The van der Waals surface area contributed by atoms with Crippen LogP contribution in [-0.2, 0) is 6.61 Å². The van der Waals surface area contributed by atoms with Crippen molar-refractivity contribution in [3.63, 3.8) is 0 Å². The maximum Gasteiger partial charge on any atom is 0.127 e. The molecule has 2 nitrogen and oxygen atoms in total. The molecule has 0 heterocycles. The van der Waals surface area contributed by atoms with Gasteiger partial charge >= 0.3 is 0 Å². The zero-order valence-corrected chi connectivity index (χ0v) is 8.26. The monoisotopic (exact) mass is 216 g/mol. The zero-order valence-electron chi connectivity index (χ0n) is 8.26. The minimum absolute atomic E-state index is 0. The fourth-order valence-electron chi connectivity index (χ4n) is 1.33. The molecule has 0 radical (unpaired) electrons. The third-order valence-electron chi connectivity index (χ3n) is 2.06. The lowest BCUT2D eigenvalue weighted by Crippen LogP contribution is -1.86. The Morgan fingerprint density at radius 2 is 1.56 bits per heavy atom. The Hall–Kier alpha value is -1.80. The number of hydrogen-bond donors (Lipinski definition) is 1. The number of benzene rings is 2. The Labute approximate surface area is 96.1 Å². The highest BCUT2D eigenvalue weighted by Crippen LogP contribution is 2.21. The van der Waals surface area contributed by atoms with Crippen molar-refractivity contribution in [1.82, 2.24) is 0 Å². The molecule has 0 saturated heterocycles. The van der Waals surface area contributed by atoms with Crippen LogP contribution < -0.4 is 4.74 Å². The lowest BCUT2D eigenvalue weighted by Gasteiger charge is -2.06. The van der Waals surface area contributed by atoms with E-state index >= 15 is 0 Å². The van der Waals surface area contributed by atoms with E-state index in [1.807, 2.05) is 54.6 Å². The summed E-state index contributed by atoms with van der Waals surface area (Å²) in [4.78, 5) is 0. The van der Waals surface area contributed by atoms with E-state index in [-0.39, 0.29) is 14.0 Å². The maximum atomic E-state index is 8.97. The SMILES string of the molecule is C.OCc1cccc(Oc2ccccc2)c1. The molecule has 1 N–H and O–H groups in total. The van der Waals surface area contributed by atoms with Crippen LogP contribution in [0.25, 0.3) is 0 Å². The summed E-state index contributed by atoms with van der Waals surface area (Å²) < 4.78 is 5.61. The van der Waals surface area contributed by atoms with E-state index < -0.39 is 0 Å². The minimum Gasteiger partial charge on any atom is -0.457 e. The Kier molecular flexibility index (Phi) is 4.55. The first kappa shape index (κ1) is 12.3. The van der Waals surface area contributed by atoms with Crippen molar-refractivity contribution in [2.75, 3.05) is 0 Å². The first-order valence-electron chi connectivity index (χ1n) is 4.81. The van der Waals surface area contributed by atoms with Gasteiger partial charge in [-0.1, -0.05) is 37.8 Å². The number of para-hydroxylation sites is 1. The van der Waals surface area contributed by atoms with E-state index in [0.717, 1.165) is 17.1 Å². The number of aliphatic hydroxyl groups is 1. The topological polar surface area (TPSA) is 29.5 Å². The van der Waals surface area contributed by atoms with E-state index in [9.17, 15) is 0 Å². The summed E-state index contributed by atoms with van der Waals surface area (Å²) in [5.74, 6) is 1.54. The van der Waals surface area contributed by atoms with Gasteiger partial charge in [0.05, 0.1) is 6.61 Å². The van der Waals surface area contributed by atoms with Crippen molar-refractivity contribution in [1.29, 1.82) is 0 Å². The van der Waals surface area contributed by atoms with E-state index in [1.54, 1.807) is 0 Å². The summed E-state index contributed by atoms with van der Waals surface area (Å²) in [7, 11) is 0. The van der Waals surface area contributed by atoms with Gasteiger partial charge in [0.2, 0.25) is 0 Å². The van der Waals surface area contributed by atoms with Crippen LogP contribution in [0, 0.1) is 0 Å². The molecule has 0 aliphatic rings. The molecule has 0 atom stereocenters. The molecule has 2 rings (SSSR count). The van der Waals surface area contributed by atoms with Gasteiger partial charge in [0.25, 0.3) is 0 Å². The van der Waals surface area contributed by atoms with Crippen molar-refractivity contribution in [3.05, 3.63) is 60.2 Å². The Bertz CT molecular complexity index is 424. The van der Waals surface area contributed by atoms with E-state index in [1.165, 1.54) is 0 Å². The second kappa shape index (κ2) is 5.93. The van der Waals surface area contributed by atoms with Crippen LogP contribution in [0.1, 0.15) is 13.0 Å². The molecule has 16 heavy (non-hydrogen) atoms. The number of hydrogen-bond acceptors (Lipinski definition) is 2. The molecule has 0 spiro atoms. The molecule has 2 heteroatoms. The highest BCUT2D eigenvalue weighted by atomic mass is 16.5. The average molecular weight is 216 g/mol. The molecule has 0 aliphatic heterocycles. The second-order valence-electron chi connectivity index (χ2n) is 3.22. The fourth-order valence-corrected chi connectivity index (χ4v) is 1.33. The van der Waals surface area contributed by atoms with Gasteiger partial charge in [-0.3, -0.25) is 0 Å². The molecule has 0 amide bonds. The summed E-state index contributed by atoms with van der Waals surface area (Å²) >= 11 is 0. The fraction of sp³-hybridized carbons (Fsp3) is 0.143. The van der Waals surface area contributed by atoms with Crippen LogP contribution in [0.2, 0.25) is 0 Å². The number of rotatable bonds is 3. The summed E-state index contributed by atoms with van der Waals surface area (Å²) in [6.45, 7) is 0.0337. The van der Waals surface area contributed by atoms with Crippen LogP contribution in [0.3, 0.4) is 0 Å². The molecule has 0 fully saturated rings. The van der Waals surface area contributed by atoms with Gasteiger partial charge in [-0.15, -0.1) is 0 Å². The van der Waals surface area contributed by atoms with Crippen LogP contribution in [0.4, 0.5) is 0 Å². The Morgan fingerprint density at radius 1 is 0.875 bits per heavy atom. The Morgan fingerprint density at radius 3 is 2.25 bits per heavy atom. The van der Waals surface area contributed by atoms with Gasteiger partial charge < -0.3 is 9.84 Å². The molecule has 0 aliphatic carbocycles. The molecule has 0 unspecified atom stereocenters. The van der Waals surface area contributed by atoms with Gasteiger partial charge in [0, 0.05) is 0 Å². The smallest absolute Gasteiger partial charge is 0.127 e. The maximum absolute atomic E-state index is 8.97. The van der Waals surface area contributed by atoms with Crippen LogP contribution >= 0.6 is 0 Å². The summed E-state index contributed by atoms with van der Waals surface area (Å²) in [6.07, 6.45) is 0. The Balaban J connectivity index is 0.00000128. The highest BCUT2D eigenvalue weighted by molar-refractivity contribution is 5.33. The second-order valence-corrected chi connectivity index (χ2v) is 3.22. The minimum atomic E-state index is 0. The third-order valence-corrected chi connectivity index (χ3v) is 2.06. The largest absolute Gasteiger partial charge is 0.457 e. The summed E-state index contributed by atoms with van der Waals surface area (Å²) in [5.41, 5.74) is 0.850. The van der Waals surface area contributed by atoms with Gasteiger partial charge in [-0.05, 0) is 29.8 Å². The van der Waals surface area contributed by atoms with Crippen molar-refractivity contribution in [3.8, 4) is 11.5 Å². The van der Waals surface area contributed by atoms with Crippen molar-refractivity contribution >= 4 is 0 Å². The van der Waals surface area contributed by atoms with Crippen molar-refractivity contribution in [2.45, 2.75) is 14.0 Å². The predicted octanol–water partition coefficient (Wildman–Crippen LogP) is 3.61. The first-order valence-corrected chi connectivity index (χ1v) is 4.81. The molecule has 0 bridgehead atoms. The molecule has 84 valence electrons. The van der Waals surface area contributed by atoms with E-state index in [0.29, 0.717) is 0 Å². The summed E-state index contributed by atoms with van der Waals surface area (Å²) in [6, 6.07) is 17.0. The molecule has 0 aromatic heterocycles. The van der Waals surface area contributed by atoms with Gasteiger partial charge in [0.15, 0.2) is 0 Å². The average Bonchev–Trinajstić information content (AvgIpc) is 2.31. The van der Waals surface area contributed by atoms with Gasteiger partial charge in [0.1, 0.15) is 11.5 Å². The van der Waals surface area contributed by atoms with Crippen molar-refractivity contribution < 1.29 is 9.84 Å². The lowest BCUT2D eigenvalue weighted by molar-refractivity contribution is 0.281. The number of aliphatic hydroxyl groups excluding tert-OH is 1. The molecule has 2 aromatic carbocycles. The van der Waals surface area contributed by atoms with Crippen LogP contribution in [0.5, 0.6) is 11.5 Å². The zero-order chi connectivity index (χ0) is 10.5. The molecular weight excluding hydrogens is 200 g/mol.